The van der Waals surface area contributed by atoms with Gasteiger partial charge in [0.25, 0.3) is 5.91 Å². The van der Waals surface area contributed by atoms with Crippen LogP contribution in [-0.2, 0) is 4.79 Å². The summed E-state index contributed by atoms with van der Waals surface area (Å²) in [4.78, 5) is 14.0. The normalized spacial score (nSPS) is 15.3. The molecule has 0 radical (unpaired) electrons. The van der Waals surface area contributed by atoms with Gasteiger partial charge >= 0.3 is 0 Å². The molecule has 0 unspecified atom stereocenters. The van der Waals surface area contributed by atoms with Crippen LogP contribution in [0.4, 0.5) is 0 Å². The summed E-state index contributed by atoms with van der Waals surface area (Å²) in [5.74, 6) is -0.388. The maximum atomic E-state index is 12.0. The lowest BCUT2D eigenvalue weighted by molar-refractivity contribution is -0.113. The Morgan fingerprint density at radius 1 is 0.952 bits per heavy atom. The van der Waals surface area contributed by atoms with E-state index in [0.29, 0.717) is 12.2 Å². The van der Waals surface area contributed by atoms with Crippen LogP contribution in [0.15, 0.2) is 48.5 Å². The van der Waals surface area contributed by atoms with Gasteiger partial charge in [0.1, 0.15) is 5.70 Å². The Kier molecular flexibility index (Phi) is 2.48. The monoisotopic (exact) mass is 274 g/mol. The molecule has 0 aromatic heterocycles. The van der Waals surface area contributed by atoms with Crippen LogP contribution in [0.3, 0.4) is 0 Å². The number of fused-ring (bicyclic) bond motifs is 3. The average Bonchev–Trinajstić information content (AvgIpc) is 2.52. The minimum absolute atomic E-state index is 0.388. The highest BCUT2D eigenvalue weighted by atomic mass is 16.1. The molecule has 0 aliphatic carbocycles. The first-order valence-electron chi connectivity index (χ1n) is 6.94. The quantitative estimate of drug-likeness (QED) is 0.723. The molecule has 0 bridgehead atoms. The Balaban J connectivity index is 2.20. The van der Waals surface area contributed by atoms with Gasteiger partial charge in [-0.3, -0.25) is 4.79 Å². The molecule has 2 N–H and O–H groups in total. The number of carbonyl (C=O) groups excluding carboxylic acids is 1. The lowest BCUT2D eigenvalue weighted by Gasteiger charge is -2.30. The van der Waals surface area contributed by atoms with Crippen molar-refractivity contribution < 1.29 is 4.79 Å². The highest BCUT2D eigenvalue weighted by molar-refractivity contribution is 6.14. The van der Waals surface area contributed by atoms with E-state index >= 15 is 0 Å². The van der Waals surface area contributed by atoms with Crippen molar-refractivity contribution in [2.24, 2.45) is 5.73 Å². The van der Waals surface area contributed by atoms with Gasteiger partial charge in [0.15, 0.2) is 0 Å². The number of rotatable bonds is 1. The molecule has 21 heavy (non-hydrogen) atoms. The number of benzene rings is 2. The first-order chi connectivity index (χ1) is 10.3. The van der Waals surface area contributed by atoms with Gasteiger partial charge in [-0.15, -0.1) is 0 Å². The standard InChI is InChI=1S/C18H14N2O/c19-18(21)17-15-8-4-2-6-13(15)11-16-14-7-3-1-5-12(14)9-10-20(16)17/h1-9,11H,10H2,(H2,19,21). The van der Waals surface area contributed by atoms with Crippen LogP contribution in [0.1, 0.15) is 0 Å². The van der Waals surface area contributed by atoms with Crippen molar-refractivity contribution in [3.8, 4) is 0 Å². The van der Waals surface area contributed by atoms with Crippen molar-refractivity contribution in [3.05, 3.63) is 69.4 Å². The Morgan fingerprint density at radius 2 is 1.62 bits per heavy atom. The highest BCUT2D eigenvalue weighted by Gasteiger charge is 2.23. The molecule has 3 nitrogen and oxygen atoms in total. The molecule has 1 amide bonds. The zero-order chi connectivity index (χ0) is 14.4. The Labute approximate surface area is 121 Å². The van der Waals surface area contributed by atoms with Crippen LogP contribution in [0.5, 0.6) is 0 Å². The molecule has 4 rings (SSSR count). The fraction of sp³-hybridized carbons (Fsp3) is 0.0556. The van der Waals surface area contributed by atoms with Crippen molar-refractivity contribution in [2.75, 3.05) is 6.54 Å². The predicted octanol–water partition coefficient (Wildman–Crippen LogP) is -1.02. The van der Waals surface area contributed by atoms with E-state index < -0.39 is 0 Å². The SMILES string of the molecule is NC(=O)C1=c2ccccc2=CC2=c3ccccc3=CCN21. The summed E-state index contributed by atoms with van der Waals surface area (Å²) in [6.07, 6.45) is 4.26. The van der Waals surface area contributed by atoms with Crippen molar-refractivity contribution >= 4 is 29.5 Å². The topological polar surface area (TPSA) is 46.3 Å². The number of nitrogens with zero attached hydrogens (tertiary/aromatic N) is 1. The molecular weight excluding hydrogens is 260 g/mol. The largest absolute Gasteiger partial charge is 0.364 e. The van der Waals surface area contributed by atoms with Crippen LogP contribution in [0.2, 0.25) is 0 Å². The Hall–Kier alpha value is -2.81. The van der Waals surface area contributed by atoms with Gasteiger partial charge in [0, 0.05) is 17.0 Å². The highest BCUT2D eigenvalue weighted by Crippen LogP contribution is 2.17. The van der Waals surface area contributed by atoms with Crippen molar-refractivity contribution in [1.82, 2.24) is 4.90 Å². The smallest absolute Gasteiger partial charge is 0.266 e. The van der Waals surface area contributed by atoms with Crippen molar-refractivity contribution in [1.29, 1.82) is 0 Å². The van der Waals surface area contributed by atoms with Crippen LogP contribution in [0.25, 0.3) is 23.5 Å². The van der Waals surface area contributed by atoms with Gasteiger partial charge in [0.05, 0.1) is 5.70 Å². The van der Waals surface area contributed by atoms with E-state index in [0.717, 1.165) is 21.4 Å². The fourth-order valence-electron chi connectivity index (χ4n) is 3.11. The van der Waals surface area contributed by atoms with Crippen LogP contribution in [-0.4, -0.2) is 17.4 Å². The summed E-state index contributed by atoms with van der Waals surface area (Å²) in [5.41, 5.74) is 7.27. The summed E-state index contributed by atoms with van der Waals surface area (Å²) >= 11 is 0. The van der Waals surface area contributed by atoms with Crippen molar-refractivity contribution in [2.45, 2.75) is 0 Å². The number of carbonyl (C=O) groups is 1. The van der Waals surface area contributed by atoms with Gasteiger partial charge in [-0.05, 0) is 16.5 Å². The van der Waals surface area contributed by atoms with E-state index in [2.05, 4.69) is 24.3 Å². The van der Waals surface area contributed by atoms with Gasteiger partial charge in [-0.25, -0.2) is 0 Å². The summed E-state index contributed by atoms with van der Waals surface area (Å²) < 4.78 is 0. The van der Waals surface area contributed by atoms with E-state index in [1.807, 2.05) is 41.3 Å². The summed E-state index contributed by atoms with van der Waals surface area (Å²) in [7, 11) is 0. The predicted molar refractivity (Wildman–Crippen MR) is 83.0 cm³/mol. The Morgan fingerprint density at radius 3 is 2.38 bits per heavy atom. The number of amides is 1. The molecule has 2 aliphatic heterocycles. The Bertz CT molecular complexity index is 1000. The van der Waals surface area contributed by atoms with E-state index in [-0.39, 0.29) is 5.91 Å². The molecular formula is C18H14N2O. The van der Waals surface area contributed by atoms with Gasteiger partial charge in [-0.1, -0.05) is 54.6 Å². The molecule has 102 valence electrons. The first kappa shape index (κ1) is 12.0. The second-order valence-electron chi connectivity index (χ2n) is 5.23. The average molecular weight is 274 g/mol. The molecule has 2 heterocycles. The number of nitrogens with two attached hydrogens (primary N) is 1. The molecule has 0 fully saturated rings. The molecule has 0 spiro atoms. The number of primary amides is 1. The zero-order valence-electron chi connectivity index (χ0n) is 11.4. The van der Waals surface area contributed by atoms with Crippen LogP contribution in [0, 0.1) is 0 Å². The zero-order valence-corrected chi connectivity index (χ0v) is 11.4. The second kappa shape index (κ2) is 4.35. The molecule has 0 atom stereocenters. The minimum Gasteiger partial charge on any atom is -0.364 e. The third-order valence-electron chi connectivity index (χ3n) is 4.03. The molecule has 3 heteroatoms. The lowest BCUT2D eigenvalue weighted by Crippen LogP contribution is -2.48. The molecule has 2 aromatic rings. The van der Waals surface area contributed by atoms with E-state index in [1.165, 1.54) is 5.22 Å². The summed E-state index contributed by atoms with van der Waals surface area (Å²) in [6.45, 7) is 0.662. The summed E-state index contributed by atoms with van der Waals surface area (Å²) in [5, 5.41) is 4.27. The third kappa shape index (κ3) is 1.71. The summed E-state index contributed by atoms with van der Waals surface area (Å²) in [6, 6.07) is 16.1. The third-order valence-corrected chi connectivity index (χ3v) is 4.03. The molecule has 2 aromatic carbocycles. The van der Waals surface area contributed by atoms with E-state index in [9.17, 15) is 4.79 Å². The van der Waals surface area contributed by atoms with Crippen molar-refractivity contribution in [3.63, 3.8) is 0 Å². The number of hydrogen-bond donors (Lipinski definition) is 1. The minimum atomic E-state index is -0.388. The van der Waals surface area contributed by atoms with Crippen LogP contribution < -0.4 is 26.6 Å². The lowest BCUT2D eigenvalue weighted by atomic mass is 10.0. The second-order valence-corrected chi connectivity index (χ2v) is 5.23. The van der Waals surface area contributed by atoms with Gasteiger partial charge in [0.2, 0.25) is 0 Å². The first-order valence-corrected chi connectivity index (χ1v) is 6.94. The number of hydrogen-bond acceptors (Lipinski definition) is 2. The fourth-order valence-corrected chi connectivity index (χ4v) is 3.11. The molecule has 0 saturated heterocycles. The van der Waals surface area contributed by atoms with E-state index in [1.54, 1.807) is 0 Å². The van der Waals surface area contributed by atoms with Crippen LogP contribution >= 0.6 is 0 Å². The molecule has 2 aliphatic rings. The maximum absolute atomic E-state index is 12.0. The molecule has 0 saturated carbocycles. The maximum Gasteiger partial charge on any atom is 0.266 e. The van der Waals surface area contributed by atoms with Gasteiger partial charge in [-0.2, -0.15) is 0 Å². The van der Waals surface area contributed by atoms with Gasteiger partial charge < -0.3 is 10.6 Å². The van der Waals surface area contributed by atoms with E-state index in [4.69, 9.17) is 5.73 Å².